The van der Waals surface area contributed by atoms with E-state index in [1.54, 1.807) is 25.1 Å². The number of aliphatic hydroxyl groups is 1. The Balaban J connectivity index is 2.24. The molecule has 0 saturated carbocycles. The Morgan fingerprint density at radius 2 is 2.14 bits per heavy atom. The number of carbonyl (C=O) groups is 1. The molecule has 1 heterocycles. The molecule has 0 bridgehead atoms. The van der Waals surface area contributed by atoms with Gasteiger partial charge in [0, 0.05) is 17.6 Å². The number of hydrogen-bond donors (Lipinski definition) is 1. The Morgan fingerprint density at radius 3 is 2.81 bits per heavy atom. The van der Waals surface area contributed by atoms with Crippen molar-refractivity contribution in [1.29, 1.82) is 0 Å². The number of halogens is 2. The van der Waals surface area contributed by atoms with E-state index in [2.05, 4.69) is 0 Å². The maximum Gasteiger partial charge on any atom is 0.255 e. The molecule has 1 fully saturated rings. The lowest BCUT2D eigenvalue weighted by atomic mass is 10.0. The van der Waals surface area contributed by atoms with Gasteiger partial charge in [-0.05, 0) is 44.4 Å². The molecule has 3 nitrogen and oxygen atoms in total. The molecule has 0 spiro atoms. The minimum absolute atomic E-state index is 0.0655. The molecule has 21 heavy (non-hydrogen) atoms. The summed E-state index contributed by atoms with van der Waals surface area (Å²) in [6.07, 6.45) is 4.33. The smallest absolute Gasteiger partial charge is 0.255 e. The highest BCUT2D eigenvalue weighted by atomic mass is 35.5. The molecule has 5 heteroatoms. The number of nitrogens with zero attached hydrogens (tertiary/aromatic N) is 1. The van der Waals surface area contributed by atoms with Gasteiger partial charge in [-0.3, -0.25) is 4.79 Å². The highest BCUT2D eigenvalue weighted by Crippen LogP contribution is 2.27. The molecule has 1 amide bonds. The van der Waals surface area contributed by atoms with E-state index in [0.717, 1.165) is 32.2 Å². The second-order valence-corrected chi connectivity index (χ2v) is 6.55. The number of aliphatic hydroxyl groups excluding tert-OH is 1. The van der Waals surface area contributed by atoms with Gasteiger partial charge in [0.2, 0.25) is 0 Å². The van der Waals surface area contributed by atoms with Crippen LogP contribution in [0.5, 0.6) is 0 Å². The highest BCUT2D eigenvalue weighted by molar-refractivity contribution is 6.36. The predicted molar refractivity (Wildman–Crippen MR) is 86.1 cm³/mol. The minimum atomic E-state index is -0.413. The standard InChI is InChI=1S/C16H21Cl2NO2/c1-11(20)9-13-5-3-2-4-8-19(13)16(21)14-7-6-12(17)10-15(14)18/h6-7,10-11,13,20H,2-5,8-9H2,1H3. The third kappa shape index (κ3) is 4.35. The average molecular weight is 330 g/mol. The molecule has 0 radical (unpaired) electrons. The van der Waals surface area contributed by atoms with Crippen LogP contribution in [0.3, 0.4) is 0 Å². The minimum Gasteiger partial charge on any atom is -0.393 e. The molecule has 1 aromatic carbocycles. The van der Waals surface area contributed by atoms with Gasteiger partial charge in [0.05, 0.1) is 16.7 Å². The van der Waals surface area contributed by atoms with Crippen LogP contribution in [0.1, 0.15) is 49.4 Å². The number of amides is 1. The third-order valence-corrected chi connectivity index (χ3v) is 4.46. The monoisotopic (exact) mass is 329 g/mol. The second-order valence-electron chi connectivity index (χ2n) is 5.71. The molecule has 0 aliphatic carbocycles. The van der Waals surface area contributed by atoms with E-state index in [1.165, 1.54) is 0 Å². The summed E-state index contributed by atoms with van der Waals surface area (Å²) in [7, 11) is 0. The van der Waals surface area contributed by atoms with Crippen LogP contribution in [-0.2, 0) is 0 Å². The van der Waals surface area contributed by atoms with Crippen molar-refractivity contribution in [2.24, 2.45) is 0 Å². The van der Waals surface area contributed by atoms with Crippen molar-refractivity contribution in [2.45, 2.75) is 51.2 Å². The van der Waals surface area contributed by atoms with Gasteiger partial charge in [-0.1, -0.05) is 36.0 Å². The van der Waals surface area contributed by atoms with Crippen LogP contribution in [-0.4, -0.2) is 34.6 Å². The first-order valence-corrected chi connectivity index (χ1v) is 8.18. The summed E-state index contributed by atoms with van der Waals surface area (Å²) in [5.41, 5.74) is 0.485. The molecule has 1 saturated heterocycles. The molecule has 0 aromatic heterocycles. The molecule has 1 N–H and O–H groups in total. The zero-order valence-electron chi connectivity index (χ0n) is 12.2. The largest absolute Gasteiger partial charge is 0.393 e. The van der Waals surface area contributed by atoms with Gasteiger partial charge in [-0.25, -0.2) is 0 Å². The van der Waals surface area contributed by atoms with Crippen LogP contribution in [0.25, 0.3) is 0 Å². The van der Waals surface area contributed by atoms with E-state index < -0.39 is 6.10 Å². The van der Waals surface area contributed by atoms with Gasteiger partial charge < -0.3 is 10.0 Å². The van der Waals surface area contributed by atoms with Gasteiger partial charge in [0.15, 0.2) is 0 Å². The lowest BCUT2D eigenvalue weighted by Gasteiger charge is -2.31. The van der Waals surface area contributed by atoms with Crippen LogP contribution in [0, 0.1) is 0 Å². The zero-order valence-corrected chi connectivity index (χ0v) is 13.7. The van der Waals surface area contributed by atoms with Crippen molar-refractivity contribution in [3.63, 3.8) is 0 Å². The Bertz CT molecular complexity index is 505. The third-order valence-electron chi connectivity index (χ3n) is 3.91. The molecule has 2 rings (SSSR count). The van der Waals surface area contributed by atoms with Crippen LogP contribution in [0.2, 0.25) is 10.0 Å². The van der Waals surface area contributed by atoms with Crippen molar-refractivity contribution >= 4 is 29.1 Å². The van der Waals surface area contributed by atoms with Gasteiger partial charge >= 0.3 is 0 Å². The fraction of sp³-hybridized carbons (Fsp3) is 0.562. The average Bonchev–Trinajstić information content (AvgIpc) is 2.63. The van der Waals surface area contributed by atoms with E-state index in [0.29, 0.717) is 22.0 Å². The summed E-state index contributed by atoms with van der Waals surface area (Å²) in [6.45, 7) is 2.48. The van der Waals surface area contributed by atoms with E-state index in [-0.39, 0.29) is 11.9 Å². The summed E-state index contributed by atoms with van der Waals surface area (Å²) in [5, 5.41) is 10.6. The number of carbonyl (C=O) groups excluding carboxylic acids is 1. The fourth-order valence-electron chi connectivity index (χ4n) is 2.90. The molecule has 116 valence electrons. The summed E-state index contributed by atoms with van der Waals surface area (Å²) >= 11 is 12.0. The number of hydrogen-bond acceptors (Lipinski definition) is 2. The van der Waals surface area contributed by atoms with Crippen LogP contribution in [0.15, 0.2) is 18.2 Å². The molecule has 2 unspecified atom stereocenters. The van der Waals surface area contributed by atoms with E-state index in [4.69, 9.17) is 23.2 Å². The second kappa shape index (κ2) is 7.48. The first-order chi connectivity index (χ1) is 9.99. The Labute approximate surface area is 135 Å². The predicted octanol–water partition coefficient (Wildman–Crippen LogP) is 4.15. The van der Waals surface area contributed by atoms with Crippen molar-refractivity contribution in [3.05, 3.63) is 33.8 Å². The van der Waals surface area contributed by atoms with Gasteiger partial charge in [-0.2, -0.15) is 0 Å². The maximum absolute atomic E-state index is 12.8. The SMILES string of the molecule is CC(O)CC1CCCCCN1C(=O)c1ccc(Cl)cc1Cl. The van der Waals surface area contributed by atoms with Gasteiger partial charge in [0.1, 0.15) is 0 Å². The Morgan fingerprint density at radius 1 is 1.38 bits per heavy atom. The summed E-state index contributed by atoms with van der Waals surface area (Å²) in [5.74, 6) is -0.0655. The highest BCUT2D eigenvalue weighted by Gasteiger charge is 2.28. The Hall–Kier alpha value is -0.770. The summed E-state index contributed by atoms with van der Waals surface area (Å²) in [4.78, 5) is 14.7. The zero-order chi connectivity index (χ0) is 15.4. The first kappa shape index (κ1) is 16.6. The van der Waals surface area contributed by atoms with Gasteiger partial charge in [-0.15, -0.1) is 0 Å². The normalized spacial score (nSPS) is 21.0. The quantitative estimate of drug-likeness (QED) is 0.904. The maximum atomic E-state index is 12.8. The summed E-state index contributed by atoms with van der Waals surface area (Å²) < 4.78 is 0. The molecular weight excluding hydrogens is 309 g/mol. The van der Waals surface area contributed by atoms with E-state index in [9.17, 15) is 9.90 Å². The lowest BCUT2D eigenvalue weighted by molar-refractivity contribution is 0.0607. The Kier molecular flexibility index (Phi) is 5.91. The fourth-order valence-corrected chi connectivity index (χ4v) is 3.39. The molecule has 1 aliphatic heterocycles. The van der Waals surface area contributed by atoms with Crippen LogP contribution in [0.4, 0.5) is 0 Å². The van der Waals surface area contributed by atoms with Crippen LogP contribution >= 0.6 is 23.2 Å². The number of likely N-dealkylation sites (tertiary alicyclic amines) is 1. The van der Waals surface area contributed by atoms with Crippen LogP contribution < -0.4 is 0 Å². The van der Waals surface area contributed by atoms with Crippen molar-refractivity contribution in [3.8, 4) is 0 Å². The lowest BCUT2D eigenvalue weighted by Crippen LogP contribution is -2.41. The topological polar surface area (TPSA) is 40.5 Å². The number of rotatable bonds is 3. The van der Waals surface area contributed by atoms with Crippen molar-refractivity contribution in [2.75, 3.05) is 6.54 Å². The van der Waals surface area contributed by atoms with Crippen molar-refractivity contribution < 1.29 is 9.90 Å². The summed E-state index contributed by atoms with van der Waals surface area (Å²) in [6, 6.07) is 5.03. The first-order valence-electron chi connectivity index (χ1n) is 7.43. The molecular formula is C16H21Cl2NO2. The molecule has 1 aromatic rings. The number of benzene rings is 1. The van der Waals surface area contributed by atoms with E-state index >= 15 is 0 Å². The van der Waals surface area contributed by atoms with E-state index in [1.807, 2.05) is 4.90 Å². The molecule has 1 aliphatic rings. The van der Waals surface area contributed by atoms with Crippen molar-refractivity contribution in [1.82, 2.24) is 4.90 Å². The molecule has 2 atom stereocenters. The van der Waals surface area contributed by atoms with Gasteiger partial charge in [0.25, 0.3) is 5.91 Å².